The number of halogens is 4. The first-order chi connectivity index (χ1) is 15.1. The number of fused-ring (bicyclic) bond motifs is 1. The summed E-state index contributed by atoms with van der Waals surface area (Å²) in [5.41, 5.74) is 5.93. The number of hydrogen-bond donors (Lipinski definition) is 1. The SMILES string of the molecule is CN1CC[C@]23CCCC[C@H]2[C@H]1Cc1ccc(-c2ccc(F)cc2)cc13.O=C(O)C(F)(F)F. The van der Waals surface area contributed by atoms with Gasteiger partial charge in [0.05, 0.1) is 0 Å². The number of carboxylic acid groups (broad SMARTS) is 1. The lowest BCUT2D eigenvalue weighted by Gasteiger charge is -2.58. The quantitative estimate of drug-likeness (QED) is 0.558. The van der Waals surface area contributed by atoms with E-state index >= 15 is 0 Å². The van der Waals surface area contributed by atoms with Crippen molar-refractivity contribution in [2.75, 3.05) is 13.6 Å². The zero-order valence-corrected chi connectivity index (χ0v) is 18.0. The third-order valence-corrected chi connectivity index (χ3v) is 7.53. The van der Waals surface area contributed by atoms with E-state index in [1.807, 2.05) is 12.1 Å². The van der Waals surface area contributed by atoms with Crippen molar-refractivity contribution in [3.8, 4) is 11.1 Å². The molecule has 1 aliphatic heterocycles. The second-order valence-corrected chi connectivity index (χ2v) is 9.19. The molecule has 172 valence electrons. The van der Waals surface area contributed by atoms with E-state index in [1.54, 1.807) is 23.3 Å². The van der Waals surface area contributed by atoms with Crippen molar-refractivity contribution in [2.45, 2.75) is 56.2 Å². The van der Waals surface area contributed by atoms with Crippen LogP contribution in [-0.2, 0) is 16.6 Å². The topological polar surface area (TPSA) is 40.5 Å². The highest BCUT2D eigenvalue weighted by Crippen LogP contribution is 2.55. The first-order valence-electron chi connectivity index (χ1n) is 11.0. The predicted octanol–water partition coefficient (Wildman–Crippen LogP) is 5.81. The molecule has 1 saturated heterocycles. The highest BCUT2D eigenvalue weighted by Gasteiger charge is 2.53. The maximum atomic E-state index is 13.3. The highest BCUT2D eigenvalue weighted by molar-refractivity contribution is 5.73. The van der Waals surface area contributed by atoms with Crippen LogP contribution in [0.4, 0.5) is 17.6 Å². The molecule has 0 aromatic heterocycles. The number of rotatable bonds is 1. The Balaban J connectivity index is 0.000000307. The van der Waals surface area contributed by atoms with Crippen LogP contribution in [0.15, 0.2) is 42.5 Å². The van der Waals surface area contributed by atoms with Crippen LogP contribution in [0.2, 0.25) is 0 Å². The number of alkyl halides is 3. The molecule has 7 heteroatoms. The fourth-order valence-electron chi connectivity index (χ4n) is 6.02. The van der Waals surface area contributed by atoms with Crippen molar-refractivity contribution >= 4 is 5.97 Å². The average molecular weight is 449 g/mol. The summed E-state index contributed by atoms with van der Waals surface area (Å²) < 4.78 is 45.0. The predicted molar refractivity (Wildman–Crippen MR) is 114 cm³/mol. The minimum absolute atomic E-state index is 0.161. The zero-order chi connectivity index (χ0) is 23.1. The Morgan fingerprint density at radius 3 is 2.38 bits per heavy atom. The summed E-state index contributed by atoms with van der Waals surface area (Å²) in [6.45, 7) is 1.22. The lowest BCUT2D eigenvalue weighted by molar-refractivity contribution is -0.192. The molecule has 0 radical (unpaired) electrons. The first kappa shape index (κ1) is 22.8. The van der Waals surface area contributed by atoms with Crippen LogP contribution < -0.4 is 0 Å². The number of piperidine rings is 1. The molecule has 2 aliphatic carbocycles. The summed E-state index contributed by atoms with van der Waals surface area (Å²) >= 11 is 0. The van der Waals surface area contributed by atoms with E-state index in [-0.39, 0.29) is 5.82 Å². The third-order valence-electron chi connectivity index (χ3n) is 7.53. The van der Waals surface area contributed by atoms with Crippen molar-refractivity contribution in [1.82, 2.24) is 4.90 Å². The van der Waals surface area contributed by atoms with E-state index in [1.165, 1.54) is 50.6 Å². The number of hydrogen-bond acceptors (Lipinski definition) is 2. The number of likely N-dealkylation sites (tertiary alicyclic amines) is 1. The molecule has 1 heterocycles. The molecule has 3 atom stereocenters. The smallest absolute Gasteiger partial charge is 0.475 e. The van der Waals surface area contributed by atoms with Gasteiger partial charge in [-0.25, -0.2) is 9.18 Å². The summed E-state index contributed by atoms with van der Waals surface area (Å²) in [7, 11) is 2.32. The van der Waals surface area contributed by atoms with Crippen LogP contribution in [0.1, 0.15) is 43.2 Å². The number of benzene rings is 2. The molecule has 1 saturated carbocycles. The Bertz CT molecular complexity index is 988. The van der Waals surface area contributed by atoms with Gasteiger partial charge in [-0.05, 0) is 79.6 Å². The molecule has 5 rings (SSSR count). The van der Waals surface area contributed by atoms with Gasteiger partial charge < -0.3 is 10.0 Å². The molecule has 2 aromatic carbocycles. The Labute approximate surface area is 185 Å². The van der Waals surface area contributed by atoms with Gasteiger partial charge >= 0.3 is 12.1 Å². The normalized spacial score (nSPS) is 26.9. The van der Waals surface area contributed by atoms with Crippen molar-refractivity contribution in [3.63, 3.8) is 0 Å². The van der Waals surface area contributed by atoms with Crippen LogP contribution in [0.25, 0.3) is 11.1 Å². The van der Waals surface area contributed by atoms with Gasteiger partial charge in [-0.2, -0.15) is 13.2 Å². The van der Waals surface area contributed by atoms with Crippen LogP contribution in [-0.4, -0.2) is 41.8 Å². The number of likely N-dealkylation sites (N-methyl/N-ethyl adjacent to an activating group) is 1. The van der Waals surface area contributed by atoms with Crippen LogP contribution >= 0.6 is 0 Å². The zero-order valence-electron chi connectivity index (χ0n) is 18.0. The van der Waals surface area contributed by atoms with Gasteiger partial charge in [0.25, 0.3) is 0 Å². The van der Waals surface area contributed by atoms with E-state index in [0.29, 0.717) is 5.41 Å². The van der Waals surface area contributed by atoms with Crippen molar-refractivity contribution < 1.29 is 27.5 Å². The Morgan fingerprint density at radius 2 is 1.72 bits per heavy atom. The number of aliphatic carboxylic acids is 1. The molecule has 32 heavy (non-hydrogen) atoms. The molecule has 0 unspecified atom stereocenters. The van der Waals surface area contributed by atoms with Gasteiger partial charge in [0.2, 0.25) is 0 Å². The second kappa shape index (κ2) is 8.50. The maximum absolute atomic E-state index is 13.3. The van der Waals surface area contributed by atoms with Crippen LogP contribution in [0, 0.1) is 11.7 Å². The molecular formula is C25H27F4NO2. The Morgan fingerprint density at radius 1 is 1.06 bits per heavy atom. The molecule has 0 spiro atoms. The van der Waals surface area contributed by atoms with Crippen LogP contribution in [0.5, 0.6) is 0 Å². The molecule has 2 fully saturated rings. The summed E-state index contributed by atoms with van der Waals surface area (Å²) in [5, 5.41) is 7.12. The molecular weight excluding hydrogens is 422 g/mol. The van der Waals surface area contributed by atoms with Gasteiger partial charge in [0.1, 0.15) is 5.82 Å². The molecule has 2 aromatic rings. The lowest BCUT2D eigenvalue weighted by atomic mass is 9.52. The van der Waals surface area contributed by atoms with E-state index in [0.717, 1.165) is 17.5 Å². The number of nitrogens with zero attached hydrogens (tertiary/aromatic N) is 1. The fraction of sp³-hybridized carbons (Fsp3) is 0.480. The maximum Gasteiger partial charge on any atom is 0.490 e. The van der Waals surface area contributed by atoms with Gasteiger partial charge in [-0.3, -0.25) is 0 Å². The molecule has 1 N–H and O–H groups in total. The molecule has 2 bridgehead atoms. The minimum atomic E-state index is -5.08. The van der Waals surface area contributed by atoms with E-state index in [4.69, 9.17) is 9.90 Å². The van der Waals surface area contributed by atoms with Gasteiger partial charge in [0, 0.05) is 11.5 Å². The minimum Gasteiger partial charge on any atom is -0.475 e. The van der Waals surface area contributed by atoms with E-state index in [9.17, 15) is 17.6 Å². The summed E-state index contributed by atoms with van der Waals surface area (Å²) in [5.74, 6) is -2.10. The van der Waals surface area contributed by atoms with E-state index in [2.05, 4.69) is 30.1 Å². The number of carbonyl (C=O) groups is 1. The summed E-state index contributed by atoms with van der Waals surface area (Å²) in [6, 6.07) is 14.7. The largest absolute Gasteiger partial charge is 0.490 e. The second-order valence-electron chi connectivity index (χ2n) is 9.19. The summed E-state index contributed by atoms with van der Waals surface area (Å²) in [4.78, 5) is 11.5. The monoisotopic (exact) mass is 449 g/mol. The van der Waals surface area contributed by atoms with Crippen molar-refractivity contribution in [3.05, 3.63) is 59.4 Å². The Kier molecular flexibility index (Phi) is 6.05. The third kappa shape index (κ3) is 4.15. The highest BCUT2D eigenvalue weighted by atomic mass is 19.4. The fourth-order valence-corrected chi connectivity index (χ4v) is 6.02. The van der Waals surface area contributed by atoms with Gasteiger partial charge in [0.15, 0.2) is 0 Å². The lowest BCUT2D eigenvalue weighted by Crippen LogP contribution is -2.59. The first-order valence-corrected chi connectivity index (χ1v) is 11.0. The van der Waals surface area contributed by atoms with Gasteiger partial charge in [-0.1, -0.05) is 43.2 Å². The van der Waals surface area contributed by atoms with Crippen molar-refractivity contribution in [1.29, 1.82) is 0 Å². The standard InChI is InChI=1S/C23H26FN.C2HF3O2/c1-25-13-12-23-11-3-2-4-20(23)22(25)15-18-6-5-17(14-21(18)23)16-7-9-19(24)10-8-16;3-2(4,5)1(6)7/h5-10,14,20,22H,2-4,11-13,15H2,1H3;(H,6,7)/t20-,22+,23+;/m0./s1. The average Bonchev–Trinajstić information content (AvgIpc) is 2.76. The van der Waals surface area contributed by atoms with Crippen molar-refractivity contribution in [2.24, 2.45) is 5.92 Å². The van der Waals surface area contributed by atoms with Crippen LogP contribution in [0.3, 0.4) is 0 Å². The van der Waals surface area contributed by atoms with Gasteiger partial charge in [-0.15, -0.1) is 0 Å². The molecule has 0 amide bonds. The Hall–Kier alpha value is -2.41. The molecule has 3 nitrogen and oxygen atoms in total. The summed E-state index contributed by atoms with van der Waals surface area (Å²) in [6.07, 6.45) is 2.90. The molecule has 3 aliphatic rings. The number of carboxylic acids is 1. The van der Waals surface area contributed by atoms with E-state index < -0.39 is 12.1 Å².